The van der Waals surface area contributed by atoms with Gasteiger partial charge in [0.05, 0.1) is 7.11 Å². The lowest BCUT2D eigenvalue weighted by Gasteiger charge is -2.15. The smallest absolute Gasteiger partial charge is 0.323 e. The minimum absolute atomic E-state index is 0.272. The third kappa shape index (κ3) is 0.885. The normalized spacial score (nSPS) is 32.9. The molecule has 0 heterocycles. The van der Waals surface area contributed by atoms with Crippen LogP contribution in [0.4, 0.5) is 0 Å². The molecule has 2 saturated carbocycles. The van der Waals surface area contributed by atoms with Gasteiger partial charge in [0, 0.05) is 0 Å². The van der Waals surface area contributed by atoms with Crippen molar-refractivity contribution < 1.29 is 19.4 Å². The minimum atomic E-state index is -1.21. The van der Waals surface area contributed by atoms with Crippen molar-refractivity contribution in [2.24, 2.45) is 10.8 Å². The lowest BCUT2D eigenvalue weighted by molar-refractivity contribution is -0.161. The number of carbonyl (C=O) groups excluding carboxylic acids is 1. The van der Waals surface area contributed by atoms with Crippen LogP contribution in [-0.4, -0.2) is 24.2 Å². The van der Waals surface area contributed by atoms with Gasteiger partial charge in [-0.1, -0.05) is 12.8 Å². The topological polar surface area (TPSA) is 63.6 Å². The monoisotopic (exact) mass is 198 g/mol. The molecule has 1 unspecified atom stereocenters. The maximum absolute atomic E-state index is 11.5. The standard InChI is InChI=1S/C10H14O4/c1-14-8(13)10(7(11)12)6-9(10)4-2-3-5-9/h2-6H2,1H3,(H,11,12). The molecule has 0 bridgehead atoms. The van der Waals surface area contributed by atoms with Crippen LogP contribution in [0.3, 0.4) is 0 Å². The molecule has 0 saturated heterocycles. The van der Waals surface area contributed by atoms with Crippen LogP contribution in [0.1, 0.15) is 32.1 Å². The highest BCUT2D eigenvalue weighted by Crippen LogP contribution is 2.72. The Labute approximate surface area is 82.2 Å². The van der Waals surface area contributed by atoms with E-state index in [1.165, 1.54) is 7.11 Å². The van der Waals surface area contributed by atoms with E-state index in [0.29, 0.717) is 6.42 Å². The summed E-state index contributed by atoms with van der Waals surface area (Å²) in [6, 6.07) is 0. The molecule has 14 heavy (non-hydrogen) atoms. The molecule has 1 atom stereocenters. The molecule has 78 valence electrons. The van der Waals surface area contributed by atoms with E-state index in [4.69, 9.17) is 5.11 Å². The van der Waals surface area contributed by atoms with Gasteiger partial charge < -0.3 is 9.84 Å². The lowest BCUT2D eigenvalue weighted by atomic mass is 9.91. The molecule has 4 heteroatoms. The summed E-state index contributed by atoms with van der Waals surface area (Å²) in [7, 11) is 1.26. The molecular weight excluding hydrogens is 184 g/mol. The van der Waals surface area contributed by atoms with E-state index >= 15 is 0 Å². The number of ether oxygens (including phenoxy) is 1. The summed E-state index contributed by atoms with van der Waals surface area (Å²) in [6.45, 7) is 0. The predicted molar refractivity (Wildman–Crippen MR) is 47.6 cm³/mol. The second-order valence-electron chi connectivity index (χ2n) is 4.37. The Balaban J connectivity index is 2.28. The van der Waals surface area contributed by atoms with Crippen LogP contribution in [0, 0.1) is 10.8 Å². The number of hydrogen-bond acceptors (Lipinski definition) is 3. The Morgan fingerprint density at radius 1 is 1.29 bits per heavy atom. The van der Waals surface area contributed by atoms with E-state index in [0.717, 1.165) is 25.7 Å². The van der Waals surface area contributed by atoms with Gasteiger partial charge in [0.15, 0.2) is 5.41 Å². The molecular formula is C10H14O4. The van der Waals surface area contributed by atoms with Crippen molar-refractivity contribution in [1.82, 2.24) is 0 Å². The Kier molecular flexibility index (Phi) is 1.84. The van der Waals surface area contributed by atoms with Crippen LogP contribution < -0.4 is 0 Å². The maximum atomic E-state index is 11.5. The van der Waals surface area contributed by atoms with Gasteiger partial charge >= 0.3 is 11.9 Å². The molecule has 2 fully saturated rings. The van der Waals surface area contributed by atoms with E-state index in [9.17, 15) is 9.59 Å². The van der Waals surface area contributed by atoms with Crippen molar-refractivity contribution in [2.75, 3.05) is 7.11 Å². The summed E-state index contributed by atoms with van der Waals surface area (Å²) in [4.78, 5) is 22.6. The Morgan fingerprint density at radius 3 is 2.29 bits per heavy atom. The zero-order valence-electron chi connectivity index (χ0n) is 8.21. The first-order valence-electron chi connectivity index (χ1n) is 4.91. The highest BCUT2D eigenvalue weighted by molar-refractivity contribution is 6.04. The average Bonchev–Trinajstić information content (AvgIpc) is 2.55. The van der Waals surface area contributed by atoms with Crippen molar-refractivity contribution in [2.45, 2.75) is 32.1 Å². The number of hydrogen-bond donors (Lipinski definition) is 1. The molecule has 0 amide bonds. The molecule has 0 aromatic heterocycles. The largest absolute Gasteiger partial charge is 0.480 e. The Morgan fingerprint density at radius 2 is 1.86 bits per heavy atom. The van der Waals surface area contributed by atoms with E-state index in [-0.39, 0.29) is 5.41 Å². The molecule has 2 rings (SSSR count). The fraction of sp³-hybridized carbons (Fsp3) is 0.800. The van der Waals surface area contributed by atoms with Crippen molar-refractivity contribution in [3.63, 3.8) is 0 Å². The molecule has 1 spiro atoms. The van der Waals surface area contributed by atoms with Gasteiger partial charge in [-0.2, -0.15) is 0 Å². The number of esters is 1. The predicted octanol–water partition coefficient (Wildman–Crippen LogP) is 1.19. The van der Waals surface area contributed by atoms with Gasteiger partial charge in [0.1, 0.15) is 0 Å². The summed E-state index contributed by atoms with van der Waals surface area (Å²) >= 11 is 0. The summed E-state index contributed by atoms with van der Waals surface area (Å²) in [5.74, 6) is -1.57. The van der Waals surface area contributed by atoms with Crippen molar-refractivity contribution in [3.8, 4) is 0 Å². The first-order chi connectivity index (χ1) is 6.59. The summed E-state index contributed by atoms with van der Waals surface area (Å²) in [5.41, 5.74) is -1.48. The van der Waals surface area contributed by atoms with Crippen LogP contribution in [0.25, 0.3) is 0 Å². The third-order valence-corrected chi connectivity index (χ3v) is 3.84. The van der Waals surface area contributed by atoms with E-state index in [1.807, 2.05) is 0 Å². The average molecular weight is 198 g/mol. The zero-order valence-corrected chi connectivity index (χ0v) is 8.21. The molecule has 2 aliphatic rings. The number of carboxylic acids is 1. The van der Waals surface area contributed by atoms with Crippen LogP contribution in [0.5, 0.6) is 0 Å². The number of rotatable bonds is 2. The molecule has 0 aromatic rings. The van der Waals surface area contributed by atoms with Crippen LogP contribution in [0.15, 0.2) is 0 Å². The number of carbonyl (C=O) groups is 2. The highest BCUT2D eigenvalue weighted by Gasteiger charge is 2.77. The van der Waals surface area contributed by atoms with Gasteiger partial charge in [0.2, 0.25) is 0 Å². The van der Waals surface area contributed by atoms with E-state index < -0.39 is 17.4 Å². The molecule has 4 nitrogen and oxygen atoms in total. The van der Waals surface area contributed by atoms with E-state index in [1.54, 1.807) is 0 Å². The molecule has 2 aliphatic carbocycles. The number of methoxy groups -OCH3 is 1. The van der Waals surface area contributed by atoms with Gasteiger partial charge in [-0.25, -0.2) is 0 Å². The summed E-state index contributed by atoms with van der Waals surface area (Å²) in [5, 5.41) is 9.13. The molecule has 0 radical (unpaired) electrons. The quantitative estimate of drug-likeness (QED) is 0.534. The molecule has 0 aromatic carbocycles. The maximum Gasteiger partial charge on any atom is 0.323 e. The van der Waals surface area contributed by atoms with Gasteiger partial charge in [-0.15, -0.1) is 0 Å². The number of carboxylic acid groups (broad SMARTS) is 1. The van der Waals surface area contributed by atoms with Crippen LogP contribution >= 0.6 is 0 Å². The van der Waals surface area contributed by atoms with Gasteiger partial charge in [-0.05, 0) is 24.7 Å². The highest BCUT2D eigenvalue weighted by atomic mass is 16.5. The first-order valence-corrected chi connectivity index (χ1v) is 4.91. The van der Waals surface area contributed by atoms with Crippen molar-refractivity contribution >= 4 is 11.9 Å². The lowest BCUT2D eigenvalue weighted by Crippen LogP contribution is -2.32. The second-order valence-corrected chi connectivity index (χ2v) is 4.37. The van der Waals surface area contributed by atoms with Gasteiger partial charge in [-0.3, -0.25) is 9.59 Å². The fourth-order valence-electron chi connectivity index (χ4n) is 2.97. The summed E-state index contributed by atoms with van der Waals surface area (Å²) < 4.78 is 4.61. The molecule has 0 aliphatic heterocycles. The number of aliphatic carboxylic acids is 1. The van der Waals surface area contributed by atoms with Crippen molar-refractivity contribution in [3.05, 3.63) is 0 Å². The van der Waals surface area contributed by atoms with Crippen LogP contribution in [0.2, 0.25) is 0 Å². The Hall–Kier alpha value is -1.06. The summed E-state index contributed by atoms with van der Waals surface area (Å²) in [6.07, 6.45) is 4.25. The zero-order chi connectivity index (χ0) is 10.4. The van der Waals surface area contributed by atoms with E-state index in [2.05, 4.69) is 4.74 Å². The second kappa shape index (κ2) is 2.72. The first kappa shape index (κ1) is 9.49. The SMILES string of the molecule is COC(=O)C1(C(=O)O)CC12CCCC2. The minimum Gasteiger partial charge on any atom is -0.480 e. The third-order valence-electron chi connectivity index (χ3n) is 3.84. The van der Waals surface area contributed by atoms with Gasteiger partial charge in [0.25, 0.3) is 0 Å². The van der Waals surface area contributed by atoms with Crippen molar-refractivity contribution in [1.29, 1.82) is 0 Å². The van der Waals surface area contributed by atoms with Crippen LogP contribution in [-0.2, 0) is 14.3 Å². The fourth-order valence-corrected chi connectivity index (χ4v) is 2.97. The molecule has 1 N–H and O–H groups in total. The Bertz CT molecular complexity index is 290.